The molecule has 0 spiro atoms. The van der Waals surface area contributed by atoms with Gasteiger partial charge in [-0.2, -0.15) is 0 Å². The van der Waals surface area contributed by atoms with E-state index in [4.69, 9.17) is 5.84 Å². The Morgan fingerprint density at radius 3 is 2.81 bits per heavy atom. The van der Waals surface area contributed by atoms with E-state index in [0.717, 1.165) is 17.2 Å². The molecule has 0 aliphatic carbocycles. The van der Waals surface area contributed by atoms with Crippen molar-refractivity contribution in [2.75, 3.05) is 0 Å². The van der Waals surface area contributed by atoms with E-state index in [-0.39, 0.29) is 6.04 Å². The van der Waals surface area contributed by atoms with Gasteiger partial charge in [0.05, 0.1) is 5.69 Å². The molecule has 2 rings (SSSR count). The molecule has 0 saturated heterocycles. The van der Waals surface area contributed by atoms with Crippen molar-refractivity contribution in [1.29, 1.82) is 0 Å². The fourth-order valence-electron chi connectivity index (χ4n) is 1.67. The van der Waals surface area contributed by atoms with E-state index in [0.29, 0.717) is 0 Å². The topological polar surface area (TPSA) is 68.8 Å². The first kappa shape index (κ1) is 10.8. The number of imidazole rings is 1. The van der Waals surface area contributed by atoms with E-state index in [1.165, 1.54) is 0 Å². The molecule has 5 nitrogen and oxygen atoms in total. The summed E-state index contributed by atoms with van der Waals surface area (Å²) in [5.41, 5.74) is 4.58. The second-order valence-corrected chi connectivity index (χ2v) is 3.70. The van der Waals surface area contributed by atoms with Crippen molar-refractivity contribution in [2.45, 2.75) is 13.0 Å². The highest BCUT2D eigenvalue weighted by Gasteiger charge is 2.17. The molecule has 84 valence electrons. The third-order valence-corrected chi connectivity index (χ3v) is 2.49. The largest absolute Gasteiger partial charge is 0.336 e. The van der Waals surface area contributed by atoms with E-state index in [2.05, 4.69) is 15.4 Å². The lowest BCUT2D eigenvalue weighted by atomic mass is 10.1. The minimum Gasteiger partial charge on any atom is -0.336 e. The molecule has 3 N–H and O–H groups in total. The summed E-state index contributed by atoms with van der Waals surface area (Å²) >= 11 is 0. The van der Waals surface area contributed by atoms with Crippen molar-refractivity contribution in [3.63, 3.8) is 0 Å². The van der Waals surface area contributed by atoms with Gasteiger partial charge in [-0.3, -0.25) is 10.8 Å². The summed E-state index contributed by atoms with van der Waals surface area (Å²) in [6.07, 6.45) is 3.63. The van der Waals surface area contributed by atoms with Crippen molar-refractivity contribution in [3.05, 3.63) is 47.8 Å². The minimum absolute atomic E-state index is 0.181. The quantitative estimate of drug-likeness (QED) is 0.586. The van der Waals surface area contributed by atoms with E-state index in [1.807, 2.05) is 42.9 Å². The van der Waals surface area contributed by atoms with Crippen LogP contribution in [0.3, 0.4) is 0 Å². The fourth-order valence-corrected chi connectivity index (χ4v) is 1.67. The van der Waals surface area contributed by atoms with Crippen LogP contribution >= 0.6 is 0 Å². The van der Waals surface area contributed by atoms with Crippen molar-refractivity contribution >= 4 is 0 Å². The van der Waals surface area contributed by atoms with Gasteiger partial charge in [-0.05, 0) is 19.1 Å². The zero-order chi connectivity index (χ0) is 11.5. The van der Waals surface area contributed by atoms with Crippen LogP contribution in [0.5, 0.6) is 0 Å². The third kappa shape index (κ3) is 1.95. The maximum absolute atomic E-state index is 5.57. The number of nitrogens with one attached hydrogen (secondary N) is 1. The Labute approximate surface area is 94.3 Å². The highest BCUT2D eigenvalue weighted by molar-refractivity contribution is 5.20. The zero-order valence-electron chi connectivity index (χ0n) is 9.38. The van der Waals surface area contributed by atoms with Crippen LogP contribution in [-0.4, -0.2) is 14.5 Å². The molecule has 2 aromatic rings. The number of aryl methyl sites for hydroxylation is 2. The van der Waals surface area contributed by atoms with Gasteiger partial charge in [-0.1, -0.05) is 6.07 Å². The average Bonchev–Trinajstić information content (AvgIpc) is 2.67. The molecule has 0 amide bonds. The molecular weight excluding hydrogens is 202 g/mol. The molecule has 1 atom stereocenters. The van der Waals surface area contributed by atoms with Gasteiger partial charge in [-0.25, -0.2) is 10.4 Å². The number of aromatic nitrogens is 3. The average molecular weight is 217 g/mol. The molecule has 0 bridgehead atoms. The normalized spacial score (nSPS) is 12.7. The second kappa shape index (κ2) is 4.42. The van der Waals surface area contributed by atoms with Gasteiger partial charge in [0, 0.05) is 25.1 Å². The van der Waals surface area contributed by atoms with Crippen LogP contribution in [0.25, 0.3) is 0 Å². The van der Waals surface area contributed by atoms with Crippen molar-refractivity contribution in [1.82, 2.24) is 20.0 Å². The molecule has 5 heteroatoms. The van der Waals surface area contributed by atoms with Gasteiger partial charge in [0.1, 0.15) is 11.9 Å². The maximum atomic E-state index is 5.57. The Bertz CT molecular complexity index is 477. The predicted octanol–water partition coefficient (Wildman–Crippen LogP) is 0.676. The summed E-state index contributed by atoms with van der Waals surface area (Å²) in [7, 11) is 1.93. The molecule has 0 aliphatic rings. The van der Waals surface area contributed by atoms with Gasteiger partial charge < -0.3 is 4.57 Å². The van der Waals surface area contributed by atoms with Gasteiger partial charge in [0.15, 0.2) is 0 Å². The Morgan fingerprint density at radius 1 is 1.44 bits per heavy atom. The number of rotatable bonds is 3. The van der Waals surface area contributed by atoms with Crippen molar-refractivity contribution in [3.8, 4) is 0 Å². The van der Waals surface area contributed by atoms with E-state index in [1.54, 1.807) is 6.20 Å². The molecule has 0 aliphatic heterocycles. The third-order valence-electron chi connectivity index (χ3n) is 2.49. The molecule has 16 heavy (non-hydrogen) atoms. The first-order valence-electron chi connectivity index (χ1n) is 5.09. The summed E-state index contributed by atoms with van der Waals surface area (Å²) in [6.45, 7) is 1.95. The summed E-state index contributed by atoms with van der Waals surface area (Å²) in [5.74, 6) is 6.42. The highest BCUT2D eigenvalue weighted by atomic mass is 15.3. The second-order valence-electron chi connectivity index (χ2n) is 3.70. The number of nitrogens with two attached hydrogens (primary N) is 1. The monoisotopic (exact) mass is 217 g/mol. The van der Waals surface area contributed by atoms with E-state index >= 15 is 0 Å². The van der Waals surface area contributed by atoms with Crippen LogP contribution in [-0.2, 0) is 7.05 Å². The number of hydrogen-bond donors (Lipinski definition) is 2. The lowest BCUT2D eigenvalue weighted by Crippen LogP contribution is -2.31. The van der Waals surface area contributed by atoms with Gasteiger partial charge in [-0.15, -0.1) is 0 Å². The van der Waals surface area contributed by atoms with Crippen LogP contribution in [0.4, 0.5) is 0 Å². The van der Waals surface area contributed by atoms with Gasteiger partial charge >= 0.3 is 0 Å². The van der Waals surface area contributed by atoms with Crippen molar-refractivity contribution in [2.24, 2.45) is 12.9 Å². The lowest BCUT2D eigenvalue weighted by Gasteiger charge is -2.15. The summed E-state index contributed by atoms with van der Waals surface area (Å²) < 4.78 is 1.93. The molecule has 0 radical (unpaired) electrons. The number of hydrogen-bond acceptors (Lipinski definition) is 4. The fraction of sp³-hybridized carbons (Fsp3) is 0.273. The number of pyridine rings is 1. The van der Waals surface area contributed by atoms with E-state index < -0.39 is 0 Å². The Kier molecular flexibility index (Phi) is 2.98. The molecule has 0 aromatic carbocycles. The van der Waals surface area contributed by atoms with Crippen LogP contribution in [0.1, 0.15) is 23.3 Å². The summed E-state index contributed by atoms with van der Waals surface area (Å²) in [4.78, 5) is 8.72. The van der Waals surface area contributed by atoms with Crippen LogP contribution in [0.15, 0.2) is 30.6 Å². The van der Waals surface area contributed by atoms with Crippen LogP contribution in [0.2, 0.25) is 0 Å². The molecule has 0 fully saturated rings. The predicted molar refractivity (Wildman–Crippen MR) is 61.3 cm³/mol. The van der Waals surface area contributed by atoms with Crippen LogP contribution in [0, 0.1) is 6.92 Å². The molecular formula is C11H15N5. The Hall–Kier alpha value is -1.72. The molecule has 0 saturated carbocycles. The number of hydrazine groups is 1. The van der Waals surface area contributed by atoms with Gasteiger partial charge in [0.2, 0.25) is 0 Å². The molecule has 1 unspecified atom stereocenters. The SMILES string of the molecule is Cc1cccc(C(NN)c2nccn2C)n1. The van der Waals surface area contributed by atoms with E-state index in [9.17, 15) is 0 Å². The smallest absolute Gasteiger partial charge is 0.133 e. The zero-order valence-corrected chi connectivity index (χ0v) is 9.38. The maximum Gasteiger partial charge on any atom is 0.133 e. The summed E-state index contributed by atoms with van der Waals surface area (Å²) in [5, 5.41) is 0. The molecule has 2 heterocycles. The summed E-state index contributed by atoms with van der Waals surface area (Å²) in [6, 6.07) is 5.67. The first-order valence-corrected chi connectivity index (χ1v) is 5.09. The lowest BCUT2D eigenvalue weighted by molar-refractivity contribution is 0.566. The molecule has 2 aromatic heterocycles. The minimum atomic E-state index is -0.181. The standard InChI is InChI=1S/C11H15N5/c1-8-4-3-5-9(14-8)10(15-12)11-13-6-7-16(11)2/h3-7,10,15H,12H2,1-2H3. The van der Waals surface area contributed by atoms with Crippen molar-refractivity contribution < 1.29 is 0 Å². The Morgan fingerprint density at radius 2 is 2.25 bits per heavy atom. The highest BCUT2D eigenvalue weighted by Crippen LogP contribution is 2.17. The Balaban J connectivity index is 2.40. The first-order chi connectivity index (χ1) is 7.72. The van der Waals surface area contributed by atoms with Crippen LogP contribution < -0.4 is 11.3 Å². The van der Waals surface area contributed by atoms with Gasteiger partial charge in [0.25, 0.3) is 0 Å². The number of nitrogens with zero attached hydrogens (tertiary/aromatic N) is 3.